The lowest BCUT2D eigenvalue weighted by molar-refractivity contribution is 0.102. The summed E-state index contributed by atoms with van der Waals surface area (Å²) in [7, 11) is 0. The van der Waals surface area contributed by atoms with Crippen LogP contribution in [0.3, 0.4) is 0 Å². The number of hydrogen-bond acceptors (Lipinski definition) is 3. The molecular formula is C16H17F2N3O. The van der Waals surface area contributed by atoms with E-state index >= 15 is 0 Å². The number of nitrogens with zero attached hydrogens (tertiary/aromatic N) is 1. The minimum atomic E-state index is -1.06. The number of rotatable bonds is 6. The van der Waals surface area contributed by atoms with Crippen molar-refractivity contribution in [2.24, 2.45) is 0 Å². The molecule has 0 fully saturated rings. The molecule has 6 heteroatoms. The van der Waals surface area contributed by atoms with E-state index in [0.29, 0.717) is 5.82 Å². The van der Waals surface area contributed by atoms with Gasteiger partial charge < -0.3 is 10.6 Å². The van der Waals surface area contributed by atoms with Crippen LogP contribution in [0.25, 0.3) is 0 Å². The molecule has 22 heavy (non-hydrogen) atoms. The molecule has 1 aromatic heterocycles. The molecule has 1 aromatic carbocycles. The van der Waals surface area contributed by atoms with Crippen LogP contribution in [0.1, 0.15) is 30.1 Å². The van der Waals surface area contributed by atoms with Gasteiger partial charge in [-0.1, -0.05) is 13.3 Å². The zero-order valence-electron chi connectivity index (χ0n) is 12.2. The van der Waals surface area contributed by atoms with Gasteiger partial charge in [0.05, 0.1) is 11.9 Å². The Hall–Kier alpha value is -2.50. The fourth-order valence-electron chi connectivity index (χ4n) is 1.81. The van der Waals surface area contributed by atoms with Crippen LogP contribution in [0.4, 0.5) is 20.3 Å². The summed E-state index contributed by atoms with van der Waals surface area (Å²) in [6, 6.07) is 6.42. The number of benzene rings is 1. The first-order chi connectivity index (χ1) is 10.6. The zero-order valence-corrected chi connectivity index (χ0v) is 12.2. The van der Waals surface area contributed by atoms with E-state index in [-0.39, 0.29) is 5.56 Å². The van der Waals surface area contributed by atoms with E-state index in [4.69, 9.17) is 0 Å². The number of anilines is 2. The standard InChI is InChI=1S/C16H17F2N3O/c1-2-3-8-19-12-5-7-15(20-10-12)21-16(22)11-4-6-13(17)14(18)9-11/h4-7,9-10,19H,2-3,8H2,1H3,(H,20,21,22). The molecular weight excluding hydrogens is 288 g/mol. The van der Waals surface area contributed by atoms with Gasteiger partial charge in [-0.3, -0.25) is 4.79 Å². The largest absolute Gasteiger partial charge is 0.384 e. The summed E-state index contributed by atoms with van der Waals surface area (Å²) in [5.41, 5.74) is 0.894. The molecule has 1 heterocycles. The summed E-state index contributed by atoms with van der Waals surface area (Å²) in [5, 5.41) is 5.74. The fraction of sp³-hybridized carbons (Fsp3) is 0.250. The number of nitrogens with one attached hydrogen (secondary N) is 2. The van der Waals surface area contributed by atoms with Gasteiger partial charge in [0.15, 0.2) is 11.6 Å². The van der Waals surface area contributed by atoms with E-state index in [0.717, 1.165) is 37.2 Å². The Morgan fingerprint density at radius 2 is 2.00 bits per heavy atom. The third-order valence-electron chi connectivity index (χ3n) is 3.05. The predicted octanol–water partition coefficient (Wildman–Crippen LogP) is 3.82. The van der Waals surface area contributed by atoms with Crippen LogP contribution in [0.2, 0.25) is 0 Å². The van der Waals surface area contributed by atoms with Crippen LogP contribution in [-0.4, -0.2) is 17.4 Å². The Morgan fingerprint density at radius 3 is 2.64 bits per heavy atom. The highest BCUT2D eigenvalue weighted by Crippen LogP contribution is 2.13. The zero-order chi connectivity index (χ0) is 15.9. The quantitative estimate of drug-likeness (QED) is 0.798. The van der Waals surface area contributed by atoms with Crippen molar-refractivity contribution in [2.45, 2.75) is 19.8 Å². The second kappa shape index (κ2) is 7.49. The van der Waals surface area contributed by atoms with E-state index in [1.807, 2.05) is 0 Å². The molecule has 0 bridgehead atoms. The van der Waals surface area contributed by atoms with Crippen LogP contribution in [0.5, 0.6) is 0 Å². The van der Waals surface area contributed by atoms with Gasteiger partial charge >= 0.3 is 0 Å². The van der Waals surface area contributed by atoms with Gasteiger partial charge in [-0.2, -0.15) is 0 Å². The molecule has 0 saturated heterocycles. The Kier molecular flexibility index (Phi) is 5.41. The van der Waals surface area contributed by atoms with Crippen LogP contribution in [0, 0.1) is 11.6 Å². The van der Waals surface area contributed by atoms with Gasteiger partial charge in [0, 0.05) is 12.1 Å². The lowest BCUT2D eigenvalue weighted by atomic mass is 10.2. The van der Waals surface area contributed by atoms with Crippen LogP contribution < -0.4 is 10.6 Å². The number of unbranched alkanes of at least 4 members (excludes halogenated alkanes) is 1. The number of amides is 1. The molecule has 0 aliphatic rings. The van der Waals surface area contributed by atoms with Crippen LogP contribution >= 0.6 is 0 Å². The first-order valence-electron chi connectivity index (χ1n) is 7.06. The molecule has 0 unspecified atom stereocenters. The van der Waals surface area contributed by atoms with Crippen molar-refractivity contribution in [3.8, 4) is 0 Å². The van der Waals surface area contributed by atoms with Gasteiger partial charge in [-0.25, -0.2) is 13.8 Å². The van der Waals surface area contributed by atoms with Crippen molar-refractivity contribution in [1.29, 1.82) is 0 Å². The summed E-state index contributed by atoms with van der Waals surface area (Å²) >= 11 is 0. The third-order valence-corrected chi connectivity index (χ3v) is 3.05. The number of halogens is 2. The molecule has 116 valence electrons. The molecule has 0 spiro atoms. The number of pyridine rings is 1. The molecule has 2 N–H and O–H groups in total. The lowest BCUT2D eigenvalue weighted by Gasteiger charge is -2.07. The number of carbonyl (C=O) groups is 1. The second-order valence-electron chi connectivity index (χ2n) is 4.80. The van der Waals surface area contributed by atoms with Crippen molar-refractivity contribution in [2.75, 3.05) is 17.2 Å². The Bertz CT molecular complexity index is 644. The van der Waals surface area contributed by atoms with Gasteiger partial charge in [-0.15, -0.1) is 0 Å². The SMILES string of the molecule is CCCCNc1ccc(NC(=O)c2ccc(F)c(F)c2)nc1. The maximum atomic E-state index is 13.1. The second-order valence-corrected chi connectivity index (χ2v) is 4.80. The van der Waals surface area contributed by atoms with Gasteiger partial charge in [0.2, 0.25) is 0 Å². The molecule has 0 radical (unpaired) electrons. The summed E-state index contributed by atoms with van der Waals surface area (Å²) in [6.07, 6.45) is 3.77. The highest BCUT2D eigenvalue weighted by Gasteiger charge is 2.10. The van der Waals surface area contributed by atoms with Crippen molar-refractivity contribution >= 4 is 17.4 Å². The van der Waals surface area contributed by atoms with Gasteiger partial charge in [0.1, 0.15) is 5.82 Å². The normalized spacial score (nSPS) is 10.3. The summed E-state index contributed by atoms with van der Waals surface area (Å²) < 4.78 is 25.9. The summed E-state index contributed by atoms with van der Waals surface area (Å²) in [6.45, 7) is 2.97. The number of carbonyl (C=O) groups excluding carboxylic acids is 1. The van der Waals surface area contributed by atoms with Crippen molar-refractivity contribution in [3.63, 3.8) is 0 Å². The molecule has 0 saturated carbocycles. The van der Waals surface area contributed by atoms with E-state index in [1.165, 1.54) is 6.07 Å². The summed E-state index contributed by atoms with van der Waals surface area (Å²) in [4.78, 5) is 16.0. The number of hydrogen-bond donors (Lipinski definition) is 2. The average Bonchev–Trinajstić information content (AvgIpc) is 2.52. The first kappa shape index (κ1) is 15.9. The number of aromatic nitrogens is 1. The smallest absolute Gasteiger partial charge is 0.256 e. The molecule has 2 aromatic rings. The molecule has 0 aliphatic heterocycles. The van der Waals surface area contributed by atoms with Gasteiger partial charge in [0.25, 0.3) is 5.91 Å². The molecule has 0 aliphatic carbocycles. The Morgan fingerprint density at radius 1 is 1.18 bits per heavy atom. The van der Waals surface area contributed by atoms with E-state index in [9.17, 15) is 13.6 Å². The fourth-order valence-corrected chi connectivity index (χ4v) is 1.81. The predicted molar refractivity (Wildman–Crippen MR) is 81.9 cm³/mol. The molecule has 0 atom stereocenters. The topological polar surface area (TPSA) is 54.0 Å². The average molecular weight is 305 g/mol. The van der Waals surface area contributed by atoms with Crippen LogP contribution in [-0.2, 0) is 0 Å². The minimum Gasteiger partial charge on any atom is -0.384 e. The van der Waals surface area contributed by atoms with Crippen molar-refractivity contribution < 1.29 is 13.6 Å². The Labute approximate surface area is 127 Å². The van der Waals surface area contributed by atoms with Crippen LogP contribution in [0.15, 0.2) is 36.5 Å². The molecule has 2 rings (SSSR count). The highest BCUT2D eigenvalue weighted by atomic mass is 19.2. The molecule has 4 nitrogen and oxygen atoms in total. The van der Waals surface area contributed by atoms with Crippen molar-refractivity contribution in [3.05, 3.63) is 53.7 Å². The molecule has 1 amide bonds. The van der Waals surface area contributed by atoms with Gasteiger partial charge in [-0.05, 0) is 36.8 Å². The van der Waals surface area contributed by atoms with Crippen molar-refractivity contribution in [1.82, 2.24) is 4.98 Å². The maximum Gasteiger partial charge on any atom is 0.256 e. The Balaban J connectivity index is 1.97. The monoisotopic (exact) mass is 305 g/mol. The van der Waals surface area contributed by atoms with E-state index in [2.05, 4.69) is 22.5 Å². The maximum absolute atomic E-state index is 13.1. The van der Waals surface area contributed by atoms with E-state index < -0.39 is 17.5 Å². The first-order valence-corrected chi connectivity index (χ1v) is 7.06. The highest BCUT2D eigenvalue weighted by molar-refractivity contribution is 6.03. The third kappa shape index (κ3) is 4.25. The lowest BCUT2D eigenvalue weighted by Crippen LogP contribution is -2.13. The minimum absolute atomic E-state index is 0.0332. The summed E-state index contributed by atoms with van der Waals surface area (Å²) in [5.74, 6) is -2.25. The van der Waals surface area contributed by atoms with E-state index in [1.54, 1.807) is 18.3 Å².